The third kappa shape index (κ3) is 3.02. The lowest BCUT2D eigenvalue weighted by Gasteiger charge is -2.28. The van der Waals surface area contributed by atoms with Crippen molar-refractivity contribution in [3.05, 3.63) is 12.2 Å². The van der Waals surface area contributed by atoms with Gasteiger partial charge in [0.15, 0.2) is 0 Å². The summed E-state index contributed by atoms with van der Waals surface area (Å²) in [6.45, 7) is 1.77. The summed E-state index contributed by atoms with van der Waals surface area (Å²) in [6.07, 6.45) is 1.42. The zero-order valence-electron chi connectivity index (χ0n) is 10.1. The summed E-state index contributed by atoms with van der Waals surface area (Å²) < 4.78 is 25.9. The Hall–Kier alpha value is -1.53. The summed E-state index contributed by atoms with van der Waals surface area (Å²) in [6, 6.07) is -0.289. The molecule has 1 fully saturated rings. The van der Waals surface area contributed by atoms with Crippen molar-refractivity contribution in [2.45, 2.75) is 44.6 Å². The molecule has 1 aliphatic carbocycles. The third-order valence-corrected chi connectivity index (χ3v) is 3.29. The number of carbonyl (C=O) groups is 1. The van der Waals surface area contributed by atoms with E-state index in [0.29, 0.717) is 5.82 Å². The fraction of sp³-hybridized carbons (Fsp3) is 0.727. The van der Waals surface area contributed by atoms with Crippen LogP contribution in [0.25, 0.3) is 0 Å². The van der Waals surface area contributed by atoms with Gasteiger partial charge in [-0.2, -0.15) is 5.10 Å². The molecule has 1 heterocycles. The number of nitrogens with one attached hydrogen (secondary N) is 2. The van der Waals surface area contributed by atoms with Crippen molar-refractivity contribution in [3.8, 4) is 0 Å². The second-order valence-electron chi connectivity index (χ2n) is 4.73. The van der Waals surface area contributed by atoms with Crippen LogP contribution in [0.1, 0.15) is 44.5 Å². The van der Waals surface area contributed by atoms with E-state index in [1.54, 1.807) is 6.92 Å². The number of halogens is 2. The molecule has 18 heavy (non-hydrogen) atoms. The molecule has 0 spiro atoms. The van der Waals surface area contributed by atoms with Gasteiger partial charge in [0, 0.05) is 18.8 Å². The molecule has 0 saturated heterocycles. The van der Waals surface area contributed by atoms with Gasteiger partial charge in [0.1, 0.15) is 12.2 Å². The topological polar surface area (TPSA) is 70.7 Å². The molecule has 1 aromatic heterocycles. The first-order valence-corrected chi connectivity index (χ1v) is 6.01. The van der Waals surface area contributed by atoms with E-state index in [-0.39, 0.29) is 43.6 Å². The van der Waals surface area contributed by atoms with Crippen LogP contribution in [-0.4, -0.2) is 27.0 Å². The van der Waals surface area contributed by atoms with E-state index in [4.69, 9.17) is 0 Å². The highest BCUT2D eigenvalue weighted by Crippen LogP contribution is 2.36. The molecular formula is C11H16F2N4O. The standard InChI is InChI=1S/C11H16F2N4O/c1-7(9-14-6-15-17-9)16-10(18)8-2-4-11(12,13)5-3-8/h6-8H,2-5H2,1H3,(H,16,18)(H,14,15,17). The largest absolute Gasteiger partial charge is 0.346 e. The Morgan fingerprint density at radius 2 is 2.22 bits per heavy atom. The van der Waals surface area contributed by atoms with Gasteiger partial charge in [-0.1, -0.05) is 0 Å². The fourth-order valence-electron chi connectivity index (χ4n) is 2.13. The van der Waals surface area contributed by atoms with E-state index in [2.05, 4.69) is 20.5 Å². The highest BCUT2D eigenvalue weighted by Gasteiger charge is 2.37. The van der Waals surface area contributed by atoms with Crippen molar-refractivity contribution in [1.29, 1.82) is 0 Å². The number of amides is 1. The first-order valence-electron chi connectivity index (χ1n) is 6.01. The molecule has 1 atom stereocenters. The lowest BCUT2D eigenvalue weighted by molar-refractivity contribution is -0.129. The molecule has 0 aromatic carbocycles. The maximum Gasteiger partial charge on any atom is 0.248 e. The van der Waals surface area contributed by atoms with Crippen molar-refractivity contribution < 1.29 is 13.6 Å². The minimum absolute atomic E-state index is 0.186. The number of rotatable bonds is 3. The SMILES string of the molecule is CC(NC(=O)C1CCC(F)(F)CC1)c1ncn[nH]1. The average molecular weight is 258 g/mol. The Labute approximate surface area is 103 Å². The van der Waals surface area contributed by atoms with Crippen molar-refractivity contribution in [2.75, 3.05) is 0 Å². The van der Waals surface area contributed by atoms with Gasteiger partial charge in [-0.25, -0.2) is 13.8 Å². The molecular weight excluding hydrogens is 242 g/mol. The fourth-order valence-corrected chi connectivity index (χ4v) is 2.13. The Morgan fingerprint density at radius 3 is 2.78 bits per heavy atom. The Balaban J connectivity index is 1.86. The maximum atomic E-state index is 13.0. The lowest BCUT2D eigenvalue weighted by atomic mass is 9.86. The summed E-state index contributed by atoms with van der Waals surface area (Å²) in [5, 5.41) is 9.12. The highest BCUT2D eigenvalue weighted by molar-refractivity contribution is 5.79. The molecule has 5 nitrogen and oxygen atoms in total. The summed E-state index contributed by atoms with van der Waals surface area (Å²) in [5.74, 6) is -2.55. The van der Waals surface area contributed by atoms with Gasteiger partial charge in [-0.3, -0.25) is 9.89 Å². The second kappa shape index (κ2) is 4.99. The number of hydrogen-bond donors (Lipinski definition) is 2. The predicted molar refractivity (Wildman–Crippen MR) is 59.8 cm³/mol. The van der Waals surface area contributed by atoms with Gasteiger partial charge in [0.25, 0.3) is 0 Å². The normalized spacial score (nSPS) is 21.5. The van der Waals surface area contributed by atoms with Gasteiger partial charge in [0.05, 0.1) is 6.04 Å². The Morgan fingerprint density at radius 1 is 1.56 bits per heavy atom. The van der Waals surface area contributed by atoms with Crippen molar-refractivity contribution in [1.82, 2.24) is 20.5 Å². The van der Waals surface area contributed by atoms with Gasteiger partial charge < -0.3 is 5.32 Å². The monoisotopic (exact) mass is 258 g/mol. The molecule has 100 valence electrons. The predicted octanol–water partition coefficient (Wildman–Crippen LogP) is 1.81. The van der Waals surface area contributed by atoms with Crippen LogP contribution in [-0.2, 0) is 4.79 Å². The molecule has 1 aromatic rings. The van der Waals surface area contributed by atoms with Crippen LogP contribution >= 0.6 is 0 Å². The number of hydrogen-bond acceptors (Lipinski definition) is 3. The first-order chi connectivity index (χ1) is 8.48. The van der Waals surface area contributed by atoms with E-state index >= 15 is 0 Å². The van der Waals surface area contributed by atoms with Gasteiger partial charge in [-0.15, -0.1) is 0 Å². The number of alkyl halides is 2. The van der Waals surface area contributed by atoms with Crippen LogP contribution in [0.3, 0.4) is 0 Å². The van der Waals surface area contributed by atoms with Crippen LogP contribution in [0.2, 0.25) is 0 Å². The summed E-state index contributed by atoms with van der Waals surface area (Å²) >= 11 is 0. The number of aromatic nitrogens is 3. The number of H-pyrrole nitrogens is 1. The summed E-state index contributed by atoms with van der Waals surface area (Å²) in [4.78, 5) is 15.8. The molecule has 2 rings (SSSR count). The lowest BCUT2D eigenvalue weighted by Crippen LogP contribution is -2.37. The average Bonchev–Trinajstić information content (AvgIpc) is 2.82. The number of nitrogens with zero attached hydrogens (tertiary/aromatic N) is 2. The van der Waals surface area contributed by atoms with E-state index in [9.17, 15) is 13.6 Å². The Bertz CT molecular complexity index is 397. The molecule has 1 aliphatic rings. The van der Waals surface area contributed by atoms with Crippen molar-refractivity contribution >= 4 is 5.91 Å². The van der Waals surface area contributed by atoms with Crippen LogP contribution in [0, 0.1) is 5.92 Å². The van der Waals surface area contributed by atoms with Gasteiger partial charge >= 0.3 is 0 Å². The minimum Gasteiger partial charge on any atom is -0.346 e. The Kier molecular flexibility index (Phi) is 3.58. The van der Waals surface area contributed by atoms with E-state index < -0.39 is 5.92 Å². The second-order valence-corrected chi connectivity index (χ2v) is 4.73. The quantitative estimate of drug-likeness (QED) is 0.868. The van der Waals surface area contributed by atoms with Gasteiger partial charge in [0.2, 0.25) is 11.8 Å². The van der Waals surface area contributed by atoms with Crippen LogP contribution in [0.15, 0.2) is 6.33 Å². The van der Waals surface area contributed by atoms with Crippen molar-refractivity contribution in [2.24, 2.45) is 5.92 Å². The minimum atomic E-state index is -2.60. The summed E-state index contributed by atoms with van der Waals surface area (Å²) in [5.41, 5.74) is 0. The molecule has 1 saturated carbocycles. The van der Waals surface area contributed by atoms with E-state index in [1.807, 2.05) is 0 Å². The molecule has 1 amide bonds. The summed E-state index contributed by atoms with van der Waals surface area (Å²) in [7, 11) is 0. The molecule has 0 aliphatic heterocycles. The zero-order chi connectivity index (χ0) is 13.2. The molecule has 2 N–H and O–H groups in total. The van der Waals surface area contributed by atoms with E-state index in [0.717, 1.165) is 0 Å². The zero-order valence-corrected chi connectivity index (χ0v) is 10.1. The smallest absolute Gasteiger partial charge is 0.248 e. The van der Waals surface area contributed by atoms with Crippen LogP contribution in [0.4, 0.5) is 8.78 Å². The molecule has 0 bridgehead atoms. The van der Waals surface area contributed by atoms with Crippen molar-refractivity contribution in [3.63, 3.8) is 0 Å². The first kappa shape index (κ1) is 12.9. The maximum absolute atomic E-state index is 13.0. The molecule has 1 unspecified atom stereocenters. The van der Waals surface area contributed by atoms with Crippen LogP contribution < -0.4 is 5.32 Å². The third-order valence-electron chi connectivity index (χ3n) is 3.29. The van der Waals surface area contributed by atoms with E-state index in [1.165, 1.54) is 6.33 Å². The molecule has 7 heteroatoms. The van der Waals surface area contributed by atoms with Gasteiger partial charge in [-0.05, 0) is 19.8 Å². The highest BCUT2D eigenvalue weighted by atomic mass is 19.3. The number of carbonyl (C=O) groups excluding carboxylic acids is 1. The van der Waals surface area contributed by atoms with Crippen LogP contribution in [0.5, 0.6) is 0 Å². The number of aromatic amines is 1. The molecule has 0 radical (unpaired) electrons.